The Bertz CT molecular complexity index is 1440. The van der Waals surface area contributed by atoms with E-state index in [1.165, 1.54) is 14.2 Å². The molecule has 12 heteroatoms. The van der Waals surface area contributed by atoms with E-state index in [0.717, 1.165) is 48.8 Å². The lowest BCUT2D eigenvalue weighted by atomic mass is 10.00. The summed E-state index contributed by atoms with van der Waals surface area (Å²) in [5.41, 5.74) is 5.35. The lowest BCUT2D eigenvalue weighted by Gasteiger charge is -2.29. The topological polar surface area (TPSA) is 113 Å². The van der Waals surface area contributed by atoms with Crippen molar-refractivity contribution in [3.63, 3.8) is 0 Å². The molecular formula is C28H31N7O4S. The average molecular weight is 562 g/mol. The monoisotopic (exact) mass is 561 g/mol. The third kappa shape index (κ3) is 5.68. The summed E-state index contributed by atoms with van der Waals surface area (Å²) in [6, 6.07) is 13.9. The summed E-state index contributed by atoms with van der Waals surface area (Å²) in [4.78, 5) is 30.9. The van der Waals surface area contributed by atoms with E-state index in [4.69, 9.17) is 31.4 Å². The van der Waals surface area contributed by atoms with Gasteiger partial charge in [0.25, 0.3) is 5.91 Å². The van der Waals surface area contributed by atoms with Gasteiger partial charge in [-0.05, 0) is 55.5 Å². The maximum Gasteiger partial charge on any atom is 0.319 e. The van der Waals surface area contributed by atoms with Gasteiger partial charge in [0.15, 0.2) is 5.11 Å². The number of carbonyl (C=O) groups excluding carboxylic acids is 1. The first-order valence-corrected chi connectivity index (χ1v) is 13.2. The summed E-state index contributed by atoms with van der Waals surface area (Å²) in [6.07, 6.45) is 0.557. The molecule has 0 aliphatic carbocycles. The van der Waals surface area contributed by atoms with Crippen molar-refractivity contribution in [2.45, 2.75) is 13.1 Å². The first-order valence-electron chi connectivity index (χ1n) is 12.8. The van der Waals surface area contributed by atoms with Gasteiger partial charge in [0.05, 0.1) is 44.4 Å². The third-order valence-corrected chi connectivity index (χ3v) is 6.94. The van der Waals surface area contributed by atoms with Gasteiger partial charge in [-0.15, -0.1) is 0 Å². The number of thiocarbonyl (C=S) groups is 1. The van der Waals surface area contributed by atoms with E-state index in [1.807, 2.05) is 49.4 Å². The number of amides is 1. The van der Waals surface area contributed by atoms with Crippen LogP contribution in [0.2, 0.25) is 0 Å². The van der Waals surface area contributed by atoms with E-state index < -0.39 is 6.17 Å². The van der Waals surface area contributed by atoms with Crippen LogP contribution >= 0.6 is 12.2 Å². The number of anilines is 3. The van der Waals surface area contributed by atoms with Gasteiger partial charge in [-0.1, -0.05) is 11.6 Å². The third-order valence-electron chi connectivity index (χ3n) is 6.72. The smallest absolute Gasteiger partial charge is 0.319 e. The summed E-state index contributed by atoms with van der Waals surface area (Å²) in [7, 11) is 4.70. The van der Waals surface area contributed by atoms with Gasteiger partial charge in [0, 0.05) is 43.3 Å². The molecule has 2 aliphatic rings. The second-order valence-corrected chi connectivity index (χ2v) is 9.73. The van der Waals surface area contributed by atoms with Crippen molar-refractivity contribution in [2.24, 2.45) is 4.99 Å². The molecule has 0 saturated carbocycles. The fourth-order valence-electron chi connectivity index (χ4n) is 4.63. The number of hydrogen-bond acceptors (Lipinski definition) is 9. The van der Waals surface area contributed by atoms with Gasteiger partial charge >= 0.3 is 6.01 Å². The van der Waals surface area contributed by atoms with Crippen molar-refractivity contribution < 1.29 is 19.0 Å². The number of aromatic nitrogens is 2. The molecule has 0 spiro atoms. The highest BCUT2D eigenvalue weighted by Crippen LogP contribution is 2.31. The number of fused-ring (bicyclic) bond motifs is 1. The molecule has 1 saturated heterocycles. The quantitative estimate of drug-likeness (QED) is 0.436. The van der Waals surface area contributed by atoms with Crippen LogP contribution in [-0.2, 0) is 9.53 Å². The van der Waals surface area contributed by atoms with Crippen molar-refractivity contribution in [1.82, 2.24) is 15.3 Å². The average Bonchev–Trinajstić information content (AvgIpc) is 3.07. The lowest BCUT2D eigenvalue weighted by Crippen LogP contribution is -2.47. The van der Waals surface area contributed by atoms with E-state index >= 15 is 0 Å². The number of benzodiazepines with no additional fused rings is 1. The number of nitrogens with zero attached hydrogens (tertiary/aromatic N) is 5. The maximum atomic E-state index is 13.6. The summed E-state index contributed by atoms with van der Waals surface area (Å²) in [5.74, 6) is -0.00446. The Labute approximate surface area is 238 Å². The van der Waals surface area contributed by atoms with Crippen LogP contribution in [0.5, 0.6) is 11.9 Å². The SMILES string of the molecule is COc1ncc(C2=NC(NC(=S)Nc3ccc(N4CCOCC4)cc3)C(=O)N(C)c3ccc(C)cc32)c(OC)n1. The summed E-state index contributed by atoms with van der Waals surface area (Å²) in [5, 5.41) is 6.51. The van der Waals surface area contributed by atoms with E-state index in [0.29, 0.717) is 17.0 Å². The Balaban J connectivity index is 1.44. The molecule has 2 N–H and O–H groups in total. The number of aryl methyl sites for hydroxylation is 1. The number of hydrogen-bond donors (Lipinski definition) is 2. The number of methoxy groups -OCH3 is 2. The molecule has 0 bridgehead atoms. The van der Waals surface area contributed by atoms with Crippen LogP contribution in [0.25, 0.3) is 0 Å². The minimum absolute atomic E-state index is 0.159. The van der Waals surface area contributed by atoms with Gasteiger partial charge in [0.1, 0.15) is 0 Å². The van der Waals surface area contributed by atoms with Gasteiger partial charge in [0.2, 0.25) is 12.0 Å². The van der Waals surface area contributed by atoms with Crippen LogP contribution in [0.15, 0.2) is 53.7 Å². The highest BCUT2D eigenvalue weighted by molar-refractivity contribution is 7.80. The van der Waals surface area contributed by atoms with Crippen molar-refractivity contribution in [1.29, 1.82) is 0 Å². The first kappa shape index (κ1) is 27.3. The minimum atomic E-state index is -1.02. The molecule has 3 aromatic rings. The van der Waals surface area contributed by atoms with Crippen LogP contribution in [-0.4, -0.2) is 80.4 Å². The summed E-state index contributed by atoms with van der Waals surface area (Å²) in [6.45, 7) is 5.13. The van der Waals surface area contributed by atoms with Crippen LogP contribution in [0.3, 0.4) is 0 Å². The number of rotatable bonds is 6. The number of carbonyl (C=O) groups is 1. The molecule has 208 valence electrons. The van der Waals surface area contributed by atoms with Gasteiger partial charge < -0.3 is 34.6 Å². The van der Waals surface area contributed by atoms with Crippen LogP contribution in [0.1, 0.15) is 16.7 Å². The largest absolute Gasteiger partial charge is 0.480 e. The molecule has 1 unspecified atom stereocenters. The molecule has 1 atom stereocenters. The van der Waals surface area contributed by atoms with Crippen molar-refractivity contribution >= 4 is 46.0 Å². The Kier molecular flexibility index (Phi) is 8.08. The Hall–Kier alpha value is -4.29. The van der Waals surface area contributed by atoms with E-state index in [2.05, 4.69) is 25.5 Å². The molecular weight excluding hydrogens is 530 g/mol. The molecule has 1 fully saturated rings. The van der Waals surface area contributed by atoms with Crippen molar-refractivity contribution in [3.05, 3.63) is 65.4 Å². The second-order valence-electron chi connectivity index (χ2n) is 9.32. The molecule has 1 amide bonds. The van der Waals surface area contributed by atoms with E-state index in [-0.39, 0.29) is 22.9 Å². The Morgan fingerprint density at radius 1 is 1.07 bits per heavy atom. The zero-order chi connectivity index (χ0) is 28.2. The standard InChI is InChI=1S/C28H31N7O4S/c1-17-5-10-22-20(15-17)23(21-16-29-27(38-4)33-25(21)37-3)31-24(26(36)34(22)2)32-28(40)30-18-6-8-19(9-7-18)35-11-13-39-14-12-35/h5-10,15-16,24H,11-14H2,1-4H3,(H2,30,32,40). The first-order chi connectivity index (χ1) is 19.4. The van der Waals surface area contributed by atoms with Gasteiger partial charge in [-0.2, -0.15) is 4.98 Å². The zero-order valence-electron chi connectivity index (χ0n) is 22.8. The van der Waals surface area contributed by atoms with Crippen molar-refractivity contribution in [3.8, 4) is 11.9 Å². The summed E-state index contributed by atoms with van der Waals surface area (Å²) < 4.78 is 16.2. The van der Waals surface area contributed by atoms with Crippen LogP contribution in [0.4, 0.5) is 17.1 Å². The highest BCUT2D eigenvalue weighted by Gasteiger charge is 2.32. The second kappa shape index (κ2) is 11.8. The molecule has 2 aliphatic heterocycles. The maximum absolute atomic E-state index is 13.6. The minimum Gasteiger partial charge on any atom is -0.480 e. The Morgan fingerprint density at radius 2 is 1.82 bits per heavy atom. The lowest BCUT2D eigenvalue weighted by molar-refractivity contribution is -0.119. The van der Waals surface area contributed by atoms with Gasteiger partial charge in [-0.3, -0.25) is 4.79 Å². The summed E-state index contributed by atoms with van der Waals surface area (Å²) >= 11 is 5.60. The number of aliphatic imine (C=N–C) groups is 1. The molecule has 0 radical (unpaired) electrons. The highest BCUT2D eigenvalue weighted by atomic mass is 32.1. The Morgan fingerprint density at radius 3 is 2.52 bits per heavy atom. The number of ether oxygens (including phenoxy) is 3. The van der Waals surface area contributed by atoms with Crippen LogP contribution < -0.4 is 29.9 Å². The molecule has 1 aromatic heterocycles. The molecule has 3 heterocycles. The molecule has 11 nitrogen and oxygen atoms in total. The zero-order valence-corrected chi connectivity index (χ0v) is 23.6. The normalized spacial score (nSPS) is 16.9. The molecule has 2 aromatic carbocycles. The van der Waals surface area contributed by atoms with Crippen LogP contribution in [0, 0.1) is 6.92 Å². The predicted octanol–water partition coefficient (Wildman–Crippen LogP) is 2.77. The number of nitrogens with one attached hydrogen (secondary N) is 2. The van der Waals surface area contributed by atoms with Crippen molar-refractivity contribution in [2.75, 3.05) is 62.7 Å². The molecule has 40 heavy (non-hydrogen) atoms. The van der Waals surface area contributed by atoms with Gasteiger partial charge in [-0.25, -0.2) is 9.98 Å². The van der Waals surface area contributed by atoms with E-state index in [1.54, 1.807) is 18.1 Å². The number of likely N-dealkylation sites (N-methyl/N-ethyl adjacent to an activating group) is 1. The number of benzene rings is 2. The number of morpholine rings is 1. The fourth-order valence-corrected chi connectivity index (χ4v) is 4.86. The predicted molar refractivity (Wildman–Crippen MR) is 158 cm³/mol. The fraction of sp³-hybridized carbons (Fsp3) is 0.321. The molecule has 5 rings (SSSR count). The van der Waals surface area contributed by atoms with E-state index in [9.17, 15) is 4.79 Å².